The number of halogens is 1. The largest absolute Gasteiger partial charge is 0.216 e. The van der Waals surface area contributed by atoms with E-state index in [9.17, 15) is 12.8 Å². The molecule has 0 fully saturated rings. The lowest BCUT2D eigenvalue weighted by Crippen LogP contribution is -2.29. The molecule has 2 rings (SSSR count). The first-order chi connectivity index (χ1) is 10.00. The first-order valence-corrected chi connectivity index (χ1v) is 8.45. The number of hydrogen-bond donors (Lipinski definition) is 1. The third kappa shape index (κ3) is 4.65. The molecule has 2 aromatic carbocycles. The van der Waals surface area contributed by atoms with Crippen LogP contribution < -0.4 is 4.72 Å². The van der Waals surface area contributed by atoms with Crippen molar-refractivity contribution in [1.82, 2.24) is 4.72 Å². The van der Waals surface area contributed by atoms with E-state index in [4.69, 9.17) is 0 Å². The molecule has 0 bridgehead atoms. The predicted molar refractivity (Wildman–Crippen MR) is 81.6 cm³/mol. The van der Waals surface area contributed by atoms with Gasteiger partial charge in [-0.15, -0.1) is 0 Å². The van der Waals surface area contributed by atoms with E-state index in [0.29, 0.717) is 12.0 Å². The van der Waals surface area contributed by atoms with E-state index in [1.807, 2.05) is 37.3 Å². The molecule has 3 nitrogen and oxygen atoms in total. The minimum Gasteiger partial charge on any atom is -0.212 e. The van der Waals surface area contributed by atoms with Crippen LogP contribution in [0.5, 0.6) is 0 Å². The van der Waals surface area contributed by atoms with Crippen molar-refractivity contribution in [2.75, 3.05) is 0 Å². The molecule has 0 spiro atoms. The second-order valence-corrected chi connectivity index (χ2v) is 6.63. The lowest BCUT2D eigenvalue weighted by Gasteiger charge is -2.17. The van der Waals surface area contributed by atoms with E-state index in [0.717, 1.165) is 5.56 Å². The zero-order valence-electron chi connectivity index (χ0n) is 11.8. The molecule has 2 aromatic rings. The number of hydrogen-bond acceptors (Lipinski definition) is 2. The van der Waals surface area contributed by atoms with Gasteiger partial charge in [0.15, 0.2) is 0 Å². The fraction of sp³-hybridized carbons (Fsp3) is 0.250. The van der Waals surface area contributed by atoms with Crippen molar-refractivity contribution in [3.63, 3.8) is 0 Å². The highest BCUT2D eigenvalue weighted by Crippen LogP contribution is 2.18. The Morgan fingerprint density at radius 2 is 1.67 bits per heavy atom. The Kier molecular flexibility index (Phi) is 5.09. The van der Waals surface area contributed by atoms with Crippen molar-refractivity contribution in [3.8, 4) is 0 Å². The van der Waals surface area contributed by atoms with Crippen LogP contribution in [-0.2, 0) is 15.8 Å². The van der Waals surface area contributed by atoms with E-state index in [-0.39, 0.29) is 17.6 Å². The van der Waals surface area contributed by atoms with Gasteiger partial charge in [0.25, 0.3) is 0 Å². The minimum absolute atomic E-state index is 0.156. The van der Waals surface area contributed by atoms with E-state index >= 15 is 0 Å². The maximum atomic E-state index is 12.8. The zero-order chi connectivity index (χ0) is 15.3. The summed E-state index contributed by atoms with van der Waals surface area (Å²) in [6, 6.07) is 14.7. The zero-order valence-corrected chi connectivity index (χ0v) is 12.6. The molecule has 0 aromatic heterocycles. The van der Waals surface area contributed by atoms with Crippen LogP contribution in [0.1, 0.15) is 30.5 Å². The smallest absolute Gasteiger partial charge is 0.212 e. The lowest BCUT2D eigenvalue weighted by molar-refractivity contribution is 0.549. The normalized spacial score (nSPS) is 13.0. The summed E-state index contributed by atoms with van der Waals surface area (Å²) in [5.74, 6) is -0.531. The highest BCUT2D eigenvalue weighted by atomic mass is 32.2. The van der Waals surface area contributed by atoms with E-state index in [1.54, 1.807) is 0 Å². The molecule has 0 saturated heterocycles. The second kappa shape index (κ2) is 6.83. The average Bonchev–Trinajstić information content (AvgIpc) is 2.48. The van der Waals surface area contributed by atoms with Crippen molar-refractivity contribution in [1.29, 1.82) is 0 Å². The van der Waals surface area contributed by atoms with Crippen LogP contribution in [0.4, 0.5) is 4.39 Å². The summed E-state index contributed by atoms with van der Waals surface area (Å²) in [5, 5.41) is 0. The number of rotatable bonds is 6. The van der Waals surface area contributed by atoms with Crippen molar-refractivity contribution in [3.05, 3.63) is 71.5 Å². The molecule has 0 heterocycles. The fourth-order valence-corrected chi connectivity index (χ4v) is 3.58. The maximum absolute atomic E-state index is 12.8. The van der Waals surface area contributed by atoms with Gasteiger partial charge in [0.2, 0.25) is 10.0 Å². The van der Waals surface area contributed by atoms with Gasteiger partial charge in [-0.1, -0.05) is 49.4 Å². The van der Waals surface area contributed by atoms with Gasteiger partial charge < -0.3 is 0 Å². The summed E-state index contributed by atoms with van der Waals surface area (Å²) >= 11 is 0. The third-order valence-corrected chi connectivity index (χ3v) is 4.56. The van der Waals surface area contributed by atoms with Crippen LogP contribution in [0.3, 0.4) is 0 Å². The predicted octanol–water partition coefficient (Wildman–Crippen LogP) is 3.40. The Bertz CT molecular complexity index is 669. The summed E-state index contributed by atoms with van der Waals surface area (Å²) in [6.45, 7) is 1.93. The highest BCUT2D eigenvalue weighted by Gasteiger charge is 2.18. The van der Waals surface area contributed by atoms with Gasteiger partial charge in [-0.2, -0.15) is 0 Å². The maximum Gasteiger partial charge on any atom is 0.216 e. The van der Waals surface area contributed by atoms with E-state index in [1.165, 1.54) is 24.3 Å². The second-order valence-electron chi connectivity index (χ2n) is 4.87. The standard InChI is InChI=1S/C16H18FNO2S/c1-2-16(14-6-4-3-5-7-14)18-21(19,20)12-13-8-10-15(17)11-9-13/h3-11,16,18H,2,12H2,1H3/t16-/m1/s1. The van der Waals surface area contributed by atoms with Gasteiger partial charge in [0, 0.05) is 6.04 Å². The van der Waals surface area contributed by atoms with Gasteiger partial charge in [-0.3, -0.25) is 0 Å². The number of benzene rings is 2. The van der Waals surface area contributed by atoms with E-state index in [2.05, 4.69) is 4.72 Å². The van der Waals surface area contributed by atoms with Gasteiger partial charge in [0.1, 0.15) is 5.82 Å². The lowest BCUT2D eigenvalue weighted by atomic mass is 10.1. The molecule has 0 aliphatic heterocycles. The topological polar surface area (TPSA) is 46.2 Å². The van der Waals surface area contributed by atoms with Crippen molar-refractivity contribution in [2.24, 2.45) is 0 Å². The van der Waals surface area contributed by atoms with Crippen molar-refractivity contribution in [2.45, 2.75) is 25.1 Å². The van der Waals surface area contributed by atoms with Crippen molar-refractivity contribution >= 4 is 10.0 Å². The third-order valence-electron chi connectivity index (χ3n) is 3.20. The molecule has 0 unspecified atom stereocenters. The molecule has 1 atom stereocenters. The molecular weight excluding hydrogens is 289 g/mol. The minimum atomic E-state index is -3.48. The SMILES string of the molecule is CC[C@@H](NS(=O)(=O)Cc1ccc(F)cc1)c1ccccc1. The Balaban J connectivity index is 2.10. The molecule has 1 N–H and O–H groups in total. The molecule has 0 aliphatic rings. The number of nitrogens with one attached hydrogen (secondary N) is 1. The fourth-order valence-electron chi connectivity index (χ4n) is 2.13. The van der Waals surface area contributed by atoms with Gasteiger partial charge >= 0.3 is 0 Å². The Hall–Kier alpha value is -1.72. The van der Waals surface area contributed by atoms with Crippen LogP contribution in [-0.4, -0.2) is 8.42 Å². The van der Waals surface area contributed by atoms with Gasteiger partial charge in [-0.05, 0) is 29.7 Å². The highest BCUT2D eigenvalue weighted by molar-refractivity contribution is 7.88. The van der Waals surface area contributed by atoms with Gasteiger partial charge in [0.05, 0.1) is 5.75 Å². The molecule has 0 saturated carbocycles. The molecule has 112 valence electrons. The van der Waals surface area contributed by atoms with Gasteiger partial charge in [-0.25, -0.2) is 17.5 Å². The van der Waals surface area contributed by atoms with E-state index < -0.39 is 10.0 Å². The Morgan fingerprint density at radius 1 is 1.05 bits per heavy atom. The average molecular weight is 307 g/mol. The van der Waals surface area contributed by atoms with Crippen LogP contribution in [0.15, 0.2) is 54.6 Å². The summed E-state index contributed by atoms with van der Waals surface area (Å²) in [4.78, 5) is 0. The van der Waals surface area contributed by atoms with Crippen LogP contribution in [0, 0.1) is 5.82 Å². The molecular formula is C16H18FNO2S. The molecule has 21 heavy (non-hydrogen) atoms. The first kappa shape index (κ1) is 15.7. The van der Waals surface area contributed by atoms with Crippen LogP contribution in [0.2, 0.25) is 0 Å². The Morgan fingerprint density at radius 3 is 2.24 bits per heavy atom. The molecule has 0 radical (unpaired) electrons. The molecule has 5 heteroatoms. The summed E-state index contributed by atoms with van der Waals surface area (Å²) in [5.41, 5.74) is 1.49. The number of sulfonamides is 1. The van der Waals surface area contributed by atoms with Crippen LogP contribution >= 0.6 is 0 Å². The summed E-state index contributed by atoms with van der Waals surface area (Å²) in [6.07, 6.45) is 0.659. The Labute approximate surface area is 124 Å². The molecule has 0 aliphatic carbocycles. The monoisotopic (exact) mass is 307 g/mol. The van der Waals surface area contributed by atoms with Crippen LogP contribution in [0.25, 0.3) is 0 Å². The quantitative estimate of drug-likeness (QED) is 0.889. The molecule has 0 amide bonds. The first-order valence-electron chi connectivity index (χ1n) is 6.79. The summed E-state index contributed by atoms with van der Waals surface area (Å²) in [7, 11) is -3.48. The van der Waals surface area contributed by atoms with Crippen molar-refractivity contribution < 1.29 is 12.8 Å². The summed E-state index contributed by atoms with van der Waals surface area (Å²) < 4.78 is 40.0.